The molecule has 0 unspecified atom stereocenters. The Morgan fingerprint density at radius 3 is 2.52 bits per heavy atom. The number of hydrogen-bond donors (Lipinski definition) is 1. The Kier molecular flexibility index (Phi) is 7.14. The van der Waals surface area contributed by atoms with Crippen molar-refractivity contribution in [2.45, 2.75) is 45.8 Å². The van der Waals surface area contributed by atoms with Crippen LogP contribution in [0.15, 0.2) is 53.1 Å². The van der Waals surface area contributed by atoms with Crippen LogP contribution in [0.25, 0.3) is 11.4 Å². The molecule has 1 amide bonds. The van der Waals surface area contributed by atoms with Crippen molar-refractivity contribution in [3.63, 3.8) is 0 Å². The summed E-state index contributed by atoms with van der Waals surface area (Å²) < 4.78 is 10.5. The molecular weight excluding hydrogens is 366 g/mol. The third-order valence-corrected chi connectivity index (χ3v) is 4.76. The standard InChI is InChI=1S/C23H27N3O3/c1-16(2)17-8-10-18(11-9-17)23-25-22(29-26-23)13-12-21(27)24-14-19-6-4-5-7-20(19)15-28-3/h4-11,16H,12-15H2,1-3H3,(H,24,27). The molecule has 3 aromatic rings. The smallest absolute Gasteiger partial charge is 0.227 e. The van der Waals surface area contributed by atoms with Crippen LogP contribution in [-0.4, -0.2) is 23.2 Å². The minimum Gasteiger partial charge on any atom is -0.380 e. The molecule has 152 valence electrons. The van der Waals surface area contributed by atoms with Gasteiger partial charge in [-0.2, -0.15) is 4.98 Å². The molecule has 29 heavy (non-hydrogen) atoms. The third kappa shape index (κ3) is 5.74. The average Bonchev–Trinajstić information content (AvgIpc) is 3.21. The Morgan fingerprint density at radius 1 is 1.10 bits per heavy atom. The second-order valence-corrected chi connectivity index (χ2v) is 7.27. The lowest BCUT2D eigenvalue weighted by Gasteiger charge is -2.09. The first-order valence-corrected chi connectivity index (χ1v) is 9.82. The van der Waals surface area contributed by atoms with Gasteiger partial charge in [-0.15, -0.1) is 0 Å². The van der Waals surface area contributed by atoms with Gasteiger partial charge in [-0.1, -0.05) is 67.5 Å². The highest BCUT2D eigenvalue weighted by Crippen LogP contribution is 2.20. The van der Waals surface area contributed by atoms with Gasteiger partial charge in [0.2, 0.25) is 17.6 Å². The molecule has 0 spiro atoms. The predicted octanol–water partition coefficient (Wildman–Crippen LogP) is 4.26. The van der Waals surface area contributed by atoms with Crippen molar-refractivity contribution in [2.75, 3.05) is 7.11 Å². The molecule has 0 saturated carbocycles. The SMILES string of the molecule is COCc1ccccc1CNC(=O)CCc1nc(-c2ccc(C(C)C)cc2)no1. The Balaban J connectivity index is 1.51. The maximum atomic E-state index is 12.2. The van der Waals surface area contributed by atoms with E-state index in [9.17, 15) is 4.79 Å². The predicted molar refractivity (Wildman–Crippen MR) is 111 cm³/mol. The van der Waals surface area contributed by atoms with Crippen molar-refractivity contribution in [3.05, 3.63) is 71.1 Å². The Bertz CT molecular complexity index is 933. The number of benzene rings is 2. The molecule has 0 aliphatic rings. The minimum absolute atomic E-state index is 0.0572. The fourth-order valence-corrected chi connectivity index (χ4v) is 3.02. The molecule has 0 aliphatic heterocycles. The van der Waals surface area contributed by atoms with Gasteiger partial charge in [-0.25, -0.2) is 0 Å². The number of carbonyl (C=O) groups excluding carboxylic acids is 1. The molecule has 0 saturated heterocycles. The number of ether oxygens (including phenoxy) is 1. The van der Waals surface area contributed by atoms with E-state index in [-0.39, 0.29) is 5.91 Å². The van der Waals surface area contributed by atoms with E-state index in [0.29, 0.717) is 43.6 Å². The monoisotopic (exact) mass is 393 g/mol. The highest BCUT2D eigenvalue weighted by molar-refractivity contribution is 5.76. The first-order chi connectivity index (χ1) is 14.1. The minimum atomic E-state index is -0.0572. The number of nitrogens with one attached hydrogen (secondary N) is 1. The Labute approximate surface area is 171 Å². The fourth-order valence-electron chi connectivity index (χ4n) is 3.02. The summed E-state index contributed by atoms with van der Waals surface area (Å²) in [4.78, 5) is 16.6. The van der Waals surface area contributed by atoms with E-state index in [0.717, 1.165) is 16.7 Å². The lowest BCUT2D eigenvalue weighted by atomic mass is 10.0. The first-order valence-electron chi connectivity index (χ1n) is 9.82. The van der Waals surface area contributed by atoms with E-state index in [4.69, 9.17) is 9.26 Å². The number of aromatic nitrogens is 2. The first kappa shape index (κ1) is 20.7. The summed E-state index contributed by atoms with van der Waals surface area (Å²) in [7, 11) is 1.66. The molecule has 1 aromatic heterocycles. The Hall–Kier alpha value is -2.99. The molecule has 1 heterocycles. The van der Waals surface area contributed by atoms with Crippen molar-refractivity contribution in [1.29, 1.82) is 0 Å². The number of hydrogen-bond acceptors (Lipinski definition) is 5. The topological polar surface area (TPSA) is 77.2 Å². The van der Waals surface area contributed by atoms with E-state index in [1.54, 1.807) is 7.11 Å². The highest BCUT2D eigenvalue weighted by atomic mass is 16.5. The molecule has 6 heteroatoms. The van der Waals surface area contributed by atoms with E-state index in [2.05, 4.69) is 41.4 Å². The summed E-state index contributed by atoms with van der Waals surface area (Å²) in [5, 5.41) is 6.97. The normalized spacial score (nSPS) is 11.0. The number of rotatable bonds is 9. The second-order valence-electron chi connectivity index (χ2n) is 7.27. The van der Waals surface area contributed by atoms with Gasteiger partial charge in [-0.05, 0) is 22.6 Å². The van der Waals surface area contributed by atoms with E-state index >= 15 is 0 Å². The summed E-state index contributed by atoms with van der Waals surface area (Å²) in [5.74, 6) is 1.43. The van der Waals surface area contributed by atoms with Crippen molar-refractivity contribution < 1.29 is 14.1 Å². The van der Waals surface area contributed by atoms with Crippen LogP contribution in [0.5, 0.6) is 0 Å². The van der Waals surface area contributed by atoms with E-state index < -0.39 is 0 Å². The number of carbonyl (C=O) groups is 1. The maximum absolute atomic E-state index is 12.2. The average molecular weight is 393 g/mol. The molecule has 0 bridgehead atoms. The molecule has 3 rings (SSSR count). The molecule has 2 aromatic carbocycles. The lowest BCUT2D eigenvalue weighted by molar-refractivity contribution is -0.121. The summed E-state index contributed by atoms with van der Waals surface area (Å²) in [5.41, 5.74) is 4.29. The zero-order chi connectivity index (χ0) is 20.6. The van der Waals surface area contributed by atoms with Gasteiger partial charge in [0.1, 0.15) is 0 Å². The molecule has 6 nitrogen and oxygen atoms in total. The van der Waals surface area contributed by atoms with Gasteiger partial charge in [0.05, 0.1) is 6.61 Å². The van der Waals surface area contributed by atoms with E-state index in [1.807, 2.05) is 36.4 Å². The van der Waals surface area contributed by atoms with Crippen LogP contribution in [0, 0.1) is 0 Å². The van der Waals surface area contributed by atoms with Crippen LogP contribution >= 0.6 is 0 Å². The van der Waals surface area contributed by atoms with Gasteiger partial charge in [0.25, 0.3) is 0 Å². The van der Waals surface area contributed by atoms with Crippen molar-refractivity contribution in [3.8, 4) is 11.4 Å². The van der Waals surface area contributed by atoms with Gasteiger partial charge < -0.3 is 14.6 Å². The van der Waals surface area contributed by atoms with Crippen LogP contribution in [0.3, 0.4) is 0 Å². The van der Waals surface area contributed by atoms with Gasteiger partial charge in [0, 0.05) is 32.1 Å². The van der Waals surface area contributed by atoms with Gasteiger partial charge in [0.15, 0.2) is 0 Å². The largest absolute Gasteiger partial charge is 0.380 e. The van der Waals surface area contributed by atoms with Crippen LogP contribution < -0.4 is 5.32 Å². The van der Waals surface area contributed by atoms with Crippen LogP contribution in [0.2, 0.25) is 0 Å². The van der Waals surface area contributed by atoms with Crippen molar-refractivity contribution >= 4 is 5.91 Å². The highest BCUT2D eigenvalue weighted by Gasteiger charge is 2.11. The maximum Gasteiger partial charge on any atom is 0.227 e. The molecule has 0 aliphatic carbocycles. The van der Waals surface area contributed by atoms with Crippen molar-refractivity contribution in [2.24, 2.45) is 0 Å². The second kappa shape index (κ2) is 9.98. The molecular formula is C23H27N3O3. The number of aryl methyl sites for hydroxylation is 1. The number of amides is 1. The molecule has 1 N–H and O–H groups in total. The zero-order valence-electron chi connectivity index (χ0n) is 17.1. The molecule has 0 atom stereocenters. The molecule has 0 radical (unpaired) electrons. The summed E-state index contributed by atoms with van der Waals surface area (Å²) in [6.45, 7) is 5.30. The van der Waals surface area contributed by atoms with Crippen LogP contribution in [-0.2, 0) is 29.1 Å². The summed E-state index contributed by atoms with van der Waals surface area (Å²) >= 11 is 0. The van der Waals surface area contributed by atoms with Gasteiger partial charge in [-0.3, -0.25) is 4.79 Å². The lowest BCUT2D eigenvalue weighted by Crippen LogP contribution is -2.23. The van der Waals surface area contributed by atoms with Crippen LogP contribution in [0.1, 0.15) is 48.8 Å². The summed E-state index contributed by atoms with van der Waals surface area (Å²) in [6, 6.07) is 16.0. The van der Waals surface area contributed by atoms with Crippen molar-refractivity contribution in [1.82, 2.24) is 15.5 Å². The van der Waals surface area contributed by atoms with Gasteiger partial charge >= 0.3 is 0 Å². The fraction of sp³-hybridized carbons (Fsp3) is 0.348. The zero-order valence-corrected chi connectivity index (χ0v) is 17.1. The summed E-state index contributed by atoms with van der Waals surface area (Å²) in [6.07, 6.45) is 0.697. The number of nitrogens with zero attached hydrogens (tertiary/aromatic N) is 2. The van der Waals surface area contributed by atoms with Crippen LogP contribution in [0.4, 0.5) is 0 Å². The quantitative estimate of drug-likeness (QED) is 0.588. The Morgan fingerprint density at radius 2 is 1.83 bits per heavy atom. The molecule has 0 fully saturated rings. The number of methoxy groups -OCH3 is 1. The third-order valence-electron chi connectivity index (χ3n) is 4.76. The van der Waals surface area contributed by atoms with E-state index in [1.165, 1.54) is 5.56 Å².